The molecule has 0 radical (unpaired) electrons. The Hall–Kier alpha value is -2.43. The number of aromatic nitrogens is 4. The van der Waals surface area contributed by atoms with Crippen molar-refractivity contribution in [2.24, 2.45) is 5.14 Å². The molecule has 22 heavy (non-hydrogen) atoms. The van der Waals surface area contributed by atoms with Crippen LogP contribution in [0.5, 0.6) is 5.88 Å². The van der Waals surface area contributed by atoms with Gasteiger partial charge in [0.15, 0.2) is 0 Å². The molecule has 0 aliphatic heterocycles. The molecular formula is C11H9ClN6O3S. The van der Waals surface area contributed by atoms with Crippen molar-refractivity contribution in [1.82, 2.24) is 19.8 Å². The summed E-state index contributed by atoms with van der Waals surface area (Å²) >= 11 is 5.88. The zero-order chi connectivity index (χ0) is 15.9. The lowest BCUT2D eigenvalue weighted by molar-refractivity contribution is 0.456. The topological polar surface area (TPSA) is 136 Å². The fraction of sp³-hybridized carbons (Fsp3) is 0. The summed E-state index contributed by atoms with van der Waals surface area (Å²) in [6, 6.07) is 7.25. The summed E-state index contributed by atoms with van der Waals surface area (Å²) in [5.41, 5.74) is 0.655. The Labute approximate surface area is 129 Å². The molecular weight excluding hydrogens is 332 g/mol. The van der Waals surface area contributed by atoms with E-state index >= 15 is 0 Å². The molecule has 0 saturated heterocycles. The van der Waals surface area contributed by atoms with Gasteiger partial charge in [0.1, 0.15) is 11.0 Å². The molecule has 0 bridgehead atoms. The van der Waals surface area contributed by atoms with Gasteiger partial charge in [-0.1, -0.05) is 21.9 Å². The second kappa shape index (κ2) is 5.09. The van der Waals surface area contributed by atoms with Gasteiger partial charge in [-0.25, -0.2) is 18.5 Å². The molecule has 0 saturated carbocycles. The highest BCUT2D eigenvalue weighted by molar-refractivity contribution is 7.89. The van der Waals surface area contributed by atoms with Crippen LogP contribution in [-0.2, 0) is 10.0 Å². The molecule has 2 heterocycles. The number of hydrogen-bond donors (Lipinski definition) is 3. The van der Waals surface area contributed by atoms with Gasteiger partial charge in [-0.2, -0.15) is 4.52 Å². The third-order valence-corrected chi connectivity index (χ3v) is 3.90. The quantitative estimate of drug-likeness (QED) is 0.602. The minimum Gasteiger partial charge on any atom is -0.489 e. The van der Waals surface area contributed by atoms with Crippen molar-refractivity contribution in [3.63, 3.8) is 0 Å². The largest absolute Gasteiger partial charge is 0.489 e. The van der Waals surface area contributed by atoms with E-state index in [4.69, 9.17) is 16.7 Å². The Morgan fingerprint density at radius 1 is 1.27 bits per heavy atom. The van der Waals surface area contributed by atoms with E-state index in [-0.39, 0.29) is 21.6 Å². The summed E-state index contributed by atoms with van der Waals surface area (Å²) in [7, 11) is -3.75. The maximum atomic E-state index is 11.2. The first-order valence-corrected chi connectivity index (χ1v) is 7.78. The first-order chi connectivity index (χ1) is 10.3. The number of halogens is 1. The van der Waals surface area contributed by atoms with Gasteiger partial charge in [-0.3, -0.25) is 0 Å². The molecule has 11 heteroatoms. The lowest BCUT2D eigenvalue weighted by atomic mass is 10.3. The van der Waals surface area contributed by atoms with Gasteiger partial charge in [0.05, 0.1) is 4.90 Å². The third-order valence-electron chi connectivity index (χ3n) is 2.78. The summed E-state index contributed by atoms with van der Waals surface area (Å²) < 4.78 is 23.7. The van der Waals surface area contributed by atoms with Crippen molar-refractivity contribution in [2.45, 2.75) is 4.90 Å². The smallest absolute Gasteiger partial charge is 0.278 e. The zero-order valence-corrected chi connectivity index (χ0v) is 12.4. The molecule has 0 amide bonds. The number of fused-ring (bicyclic) bond motifs is 1. The van der Waals surface area contributed by atoms with E-state index < -0.39 is 10.0 Å². The molecule has 0 fully saturated rings. The lowest BCUT2D eigenvalue weighted by Crippen LogP contribution is -2.11. The van der Waals surface area contributed by atoms with Crippen molar-refractivity contribution >= 4 is 38.8 Å². The molecule has 0 atom stereocenters. The number of nitrogens with one attached hydrogen (secondary N) is 1. The average molecular weight is 341 g/mol. The number of benzene rings is 1. The van der Waals surface area contributed by atoms with Crippen LogP contribution in [0.1, 0.15) is 0 Å². The Bertz CT molecular complexity index is 954. The summed E-state index contributed by atoms with van der Waals surface area (Å²) in [6.45, 7) is 0. The maximum absolute atomic E-state index is 11.2. The molecule has 0 spiro atoms. The standard InChI is InChI=1S/C11H9ClN6O3S/c12-8-5-9(18-10(15-8)11(19)16-17-18)14-6-1-3-7(4-2-6)22(13,20)21/h1-5,14,19H,(H2,13,20,21). The van der Waals surface area contributed by atoms with Gasteiger partial charge in [0.2, 0.25) is 15.7 Å². The van der Waals surface area contributed by atoms with E-state index in [9.17, 15) is 13.5 Å². The van der Waals surface area contributed by atoms with Crippen LogP contribution in [0.25, 0.3) is 5.65 Å². The summed E-state index contributed by atoms with van der Waals surface area (Å²) in [6.07, 6.45) is 0. The van der Waals surface area contributed by atoms with E-state index in [1.807, 2.05) is 0 Å². The molecule has 1 aromatic carbocycles. The molecule has 4 N–H and O–H groups in total. The van der Waals surface area contributed by atoms with Crippen LogP contribution in [0, 0.1) is 0 Å². The molecule has 0 unspecified atom stereocenters. The Morgan fingerprint density at radius 3 is 2.59 bits per heavy atom. The van der Waals surface area contributed by atoms with Crippen LogP contribution in [0.3, 0.4) is 0 Å². The van der Waals surface area contributed by atoms with Crippen LogP contribution >= 0.6 is 11.6 Å². The molecule has 0 aliphatic carbocycles. The van der Waals surface area contributed by atoms with Gasteiger partial charge in [0.25, 0.3) is 5.88 Å². The number of nitrogens with two attached hydrogens (primary N) is 1. The molecule has 114 valence electrons. The lowest BCUT2D eigenvalue weighted by Gasteiger charge is -2.08. The molecule has 9 nitrogen and oxygen atoms in total. The number of nitrogens with zero attached hydrogens (tertiary/aromatic N) is 4. The average Bonchev–Trinajstić information content (AvgIpc) is 2.80. The number of sulfonamides is 1. The molecule has 3 aromatic rings. The Balaban J connectivity index is 2.00. The fourth-order valence-corrected chi connectivity index (χ4v) is 2.50. The fourth-order valence-electron chi connectivity index (χ4n) is 1.80. The van der Waals surface area contributed by atoms with E-state index in [1.165, 1.54) is 34.8 Å². The Morgan fingerprint density at radius 2 is 1.95 bits per heavy atom. The van der Waals surface area contributed by atoms with Crippen LogP contribution in [0.4, 0.5) is 11.5 Å². The molecule has 0 aliphatic rings. The third kappa shape index (κ3) is 2.66. The van der Waals surface area contributed by atoms with Gasteiger partial charge in [0, 0.05) is 11.8 Å². The summed E-state index contributed by atoms with van der Waals surface area (Å²) in [5.74, 6) is 0.0429. The minimum atomic E-state index is -3.75. The number of primary sulfonamides is 1. The van der Waals surface area contributed by atoms with Crippen molar-refractivity contribution in [1.29, 1.82) is 0 Å². The van der Waals surface area contributed by atoms with E-state index in [1.54, 1.807) is 0 Å². The normalized spacial score (nSPS) is 11.7. The van der Waals surface area contributed by atoms with Gasteiger partial charge in [-0.15, -0.1) is 0 Å². The predicted molar refractivity (Wildman–Crippen MR) is 78.6 cm³/mol. The molecule has 2 aromatic heterocycles. The Kier molecular flexibility index (Phi) is 3.35. The number of anilines is 2. The maximum Gasteiger partial charge on any atom is 0.278 e. The number of aromatic hydroxyl groups is 1. The van der Waals surface area contributed by atoms with Gasteiger partial charge in [-0.05, 0) is 24.3 Å². The van der Waals surface area contributed by atoms with Gasteiger partial charge < -0.3 is 10.4 Å². The van der Waals surface area contributed by atoms with Crippen LogP contribution in [0.15, 0.2) is 35.2 Å². The highest BCUT2D eigenvalue weighted by Crippen LogP contribution is 2.24. The second-order valence-electron chi connectivity index (χ2n) is 4.31. The van der Waals surface area contributed by atoms with Crippen LogP contribution < -0.4 is 10.5 Å². The number of hydrogen-bond acceptors (Lipinski definition) is 7. The van der Waals surface area contributed by atoms with Crippen molar-refractivity contribution in [2.75, 3.05) is 5.32 Å². The summed E-state index contributed by atoms with van der Waals surface area (Å²) in [4.78, 5) is 3.90. The number of rotatable bonds is 3. The minimum absolute atomic E-state index is 0.00522. The first-order valence-electron chi connectivity index (χ1n) is 5.85. The van der Waals surface area contributed by atoms with Crippen LogP contribution in [-0.4, -0.2) is 33.3 Å². The first kappa shape index (κ1) is 14.5. The molecule has 3 rings (SSSR count). The zero-order valence-electron chi connectivity index (χ0n) is 10.8. The van der Waals surface area contributed by atoms with E-state index in [0.29, 0.717) is 11.5 Å². The van der Waals surface area contributed by atoms with E-state index in [0.717, 1.165) is 0 Å². The van der Waals surface area contributed by atoms with Gasteiger partial charge >= 0.3 is 0 Å². The van der Waals surface area contributed by atoms with Crippen molar-refractivity contribution in [3.05, 3.63) is 35.5 Å². The monoisotopic (exact) mass is 340 g/mol. The second-order valence-corrected chi connectivity index (χ2v) is 6.26. The van der Waals surface area contributed by atoms with E-state index in [2.05, 4.69) is 20.6 Å². The SMILES string of the molecule is NS(=O)(=O)c1ccc(Nc2cc(Cl)nc3c(O)nnn23)cc1. The highest BCUT2D eigenvalue weighted by atomic mass is 35.5. The summed E-state index contributed by atoms with van der Waals surface area (Å²) in [5, 5.41) is 24.9. The van der Waals surface area contributed by atoms with Crippen molar-refractivity contribution in [3.8, 4) is 5.88 Å². The highest BCUT2D eigenvalue weighted by Gasteiger charge is 2.12. The van der Waals surface area contributed by atoms with Crippen LogP contribution in [0.2, 0.25) is 5.15 Å². The van der Waals surface area contributed by atoms with Crippen molar-refractivity contribution < 1.29 is 13.5 Å². The predicted octanol–water partition coefficient (Wildman–Crippen LogP) is 0.874.